The predicted molar refractivity (Wildman–Crippen MR) is 139 cm³/mol. The molecule has 0 fully saturated rings. The van der Waals surface area contributed by atoms with Crippen molar-refractivity contribution in [1.82, 2.24) is 4.57 Å². The van der Waals surface area contributed by atoms with Crippen molar-refractivity contribution in [3.63, 3.8) is 0 Å². The van der Waals surface area contributed by atoms with Gasteiger partial charge in [0.25, 0.3) is 0 Å². The SMILES string of the molecule is Clc1cccc(-c2ccc3c4ccccc4n(-c4ccc5c(c4)oc4ccccc45)c3c2)c1. The monoisotopic (exact) mass is 443 g/mol. The Morgan fingerprint density at radius 3 is 2.15 bits per heavy atom. The van der Waals surface area contributed by atoms with Gasteiger partial charge in [-0.05, 0) is 53.6 Å². The van der Waals surface area contributed by atoms with Crippen molar-refractivity contribution in [3.05, 3.63) is 114 Å². The topological polar surface area (TPSA) is 18.1 Å². The highest BCUT2D eigenvalue weighted by Gasteiger charge is 2.15. The Hall–Kier alpha value is -4.01. The maximum atomic E-state index is 6.28. The summed E-state index contributed by atoms with van der Waals surface area (Å²) in [7, 11) is 0. The molecule has 0 bridgehead atoms. The number of aromatic nitrogens is 1. The highest BCUT2D eigenvalue weighted by Crippen LogP contribution is 2.37. The van der Waals surface area contributed by atoms with E-state index >= 15 is 0 Å². The van der Waals surface area contributed by atoms with Crippen molar-refractivity contribution in [2.24, 2.45) is 0 Å². The van der Waals surface area contributed by atoms with Crippen LogP contribution < -0.4 is 0 Å². The van der Waals surface area contributed by atoms with Crippen LogP contribution in [0, 0.1) is 0 Å². The van der Waals surface area contributed by atoms with Gasteiger partial charge in [0.15, 0.2) is 0 Å². The van der Waals surface area contributed by atoms with Crippen molar-refractivity contribution in [3.8, 4) is 16.8 Å². The summed E-state index contributed by atoms with van der Waals surface area (Å²) in [6.07, 6.45) is 0. The summed E-state index contributed by atoms with van der Waals surface area (Å²) in [5, 5.41) is 5.47. The van der Waals surface area contributed by atoms with E-state index in [9.17, 15) is 0 Å². The maximum absolute atomic E-state index is 6.28. The number of hydrogen-bond donors (Lipinski definition) is 0. The molecular formula is C30H18ClNO. The molecule has 0 unspecified atom stereocenters. The van der Waals surface area contributed by atoms with Crippen molar-refractivity contribution in [2.45, 2.75) is 0 Å². The molecule has 3 heteroatoms. The van der Waals surface area contributed by atoms with Crippen molar-refractivity contribution >= 4 is 55.3 Å². The van der Waals surface area contributed by atoms with Gasteiger partial charge in [0.2, 0.25) is 0 Å². The zero-order chi connectivity index (χ0) is 21.9. The molecule has 33 heavy (non-hydrogen) atoms. The number of benzene rings is 5. The van der Waals surface area contributed by atoms with Crippen LogP contribution in [-0.4, -0.2) is 4.57 Å². The largest absolute Gasteiger partial charge is 0.456 e. The Labute approximate surface area is 195 Å². The van der Waals surface area contributed by atoms with Gasteiger partial charge in [0.1, 0.15) is 11.2 Å². The quantitative estimate of drug-likeness (QED) is 0.260. The Morgan fingerprint density at radius 2 is 1.24 bits per heavy atom. The molecule has 0 saturated heterocycles. The first-order chi connectivity index (χ1) is 16.3. The van der Waals surface area contributed by atoms with Crippen LogP contribution in [0.1, 0.15) is 0 Å². The van der Waals surface area contributed by atoms with Crippen LogP contribution in [0.5, 0.6) is 0 Å². The molecule has 2 aromatic heterocycles. The fourth-order valence-electron chi connectivity index (χ4n) is 4.95. The Balaban J connectivity index is 1.53. The second-order valence-electron chi connectivity index (χ2n) is 8.37. The lowest BCUT2D eigenvalue weighted by molar-refractivity contribution is 0.668. The molecular weight excluding hydrogens is 426 g/mol. The third-order valence-electron chi connectivity index (χ3n) is 6.45. The zero-order valence-electron chi connectivity index (χ0n) is 17.6. The molecule has 156 valence electrons. The van der Waals surface area contributed by atoms with Crippen LogP contribution in [0.2, 0.25) is 5.02 Å². The number of furan rings is 1. The first kappa shape index (κ1) is 18.6. The highest BCUT2D eigenvalue weighted by atomic mass is 35.5. The third kappa shape index (κ3) is 2.81. The minimum Gasteiger partial charge on any atom is -0.456 e. The summed E-state index contributed by atoms with van der Waals surface area (Å²) in [5.41, 5.74) is 7.46. The average Bonchev–Trinajstić information content (AvgIpc) is 3.38. The molecule has 5 aromatic carbocycles. The predicted octanol–water partition coefficient (Wildman–Crippen LogP) is 9.00. The smallest absolute Gasteiger partial charge is 0.137 e. The van der Waals surface area contributed by atoms with Crippen molar-refractivity contribution < 1.29 is 4.42 Å². The maximum Gasteiger partial charge on any atom is 0.137 e. The molecule has 0 N–H and O–H groups in total. The van der Waals surface area contributed by atoms with Gasteiger partial charge in [-0.2, -0.15) is 0 Å². The van der Waals surface area contributed by atoms with E-state index in [0.717, 1.165) is 49.3 Å². The molecule has 0 aliphatic heterocycles. The van der Waals surface area contributed by atoms with Gasteiger partial charge in [-0.25, -0.2) is 0 Å². The molecule has 0 amide bonds. The lowest BCUT2D eigenvalue weighted by Gasteiger charge is -2.09. The standard InChI is InChI=1S/C30H18ClNO/c31-21-7-5-6-19(16-21)20-12-14-24-23-8-1-3-10-27(23)32(28(24)17-20)22-13-15-26-25-9-2-4-11-29(25)33-30(26)18-22/h1-18H. The van der Waals surface area contributed by atoms with Crippen LogP contribution in [-0.2, 0) is 0 Å². The number of para-hydroxylation sites is 2. The van der Waals surface area contributed by atoms with Crippen molar-refractivity contribution in [1.29, 1.82) is 0 Å². The molecule has 7 rings (SSSR count). The number of rotatable bonds is 2. The Bertz CT molecular complexity index is 1840. The van der Waals surface area contributed by atoms with Gasteiger partial charge < -0.3 is 8.98 Å². The first-order valence-corrected chi connectivity index (χ1v) is 11.3. The number of hydrogen-bond acceptors (Lipinski definition) is 1. The summed E-state index contributed by atoms with van der Waals surface area (Å²) >= 11 is 6.28. The molecule has 2 heterocycles. The second kappa shape index (κ2) is 6.99. The van der Waals surface area contributed by atoms with E-state index in [4.69, 9.17) is 16.0 Å². The molecule has 0 radical (unpaired) electrons. The molecule has 0 atom stereocenters. The van der Waals surface area contributed by atoms with Gasteiger partial charge >= 0.3 is 0 Å². The van der Waals surface area contributed by atoms with Gasteiger partial charge in [0, 0.05) is 38.3 Å². The minimum atomic E-state index is 0.739. The van der Waals surface area contributed by atoms with Gasteiger partial charge in [-0.1, -0.05) is 72.3 Å². The fourth-order valence-corrected chi connectivity index (χ4v) is 5.14. The minimum absolute atomic E-state index is 0.739. The van der Waals surface area contributed by atoms with Gasteiger partial charge in [-0.15, -0.1) is 0 Å². The zero-order valence-corrected chi connectivity index (χ0v) is 18.4. The highest BCUT2D eigenvalue weighted by molar-refractivity contribution is 6.30. The van der Waals surface area contributed by atoms with Crippen LogP contribution in [0.4, 0.5) is 0 Å². The van der Waals surface area contributed by atoms with Crippen LogP contribution in [0.15, 0.2) is 114 Å². The van der Waals surface area contributed by atoms with E-state index in [1.165, 1.54) is 16.3 Å². The summed E-state index contributed by atoms with van der Waals surface area (Å²) in [6, 6.07) is 37.9. The average molecular weight is 444 g/mol. The summed E-state index contributed by atoms with van der Waals surface area (Å²) in [5.74, 6) is 0. The normalized spacial score (nSPS) is 11.8. The van der Waals surface area contributed by atoms with Gasteiger partial charge in [0.05, 0.1) is 11.0 Å². The summed E-state index contributed by atoms with van der Waals surface area (Å²) in [4.78, 5) is 0. The van der Waals surface area contributed by atoms with E-state index in [-0.39, 0.29) is 0 Å². The lowest BCUT2D eigenvalue weighted by atomic mass is 10.0. The Morgan fingerprint density at radius 1 is 0.515 bits per heavy atom. The molecule has 0 spiro atoms. The van der Waals surface area contributed by atoms with E-state index in [1.807, 2.05) is 30.3 Å². The molecule has 0 aliphatic rings. The van der Waals surface area contributed by atoms with Crippen LogP contribution in [0.3, 0.4) is 0 Å². The molecule has 2 nitrogen and oxygen atoms in total. The third-order valence-corrected chi connectivity index (χ3v) is 6.69. The van der Waals surface area contributed by atoms with Crippen LogP contribution in [0.25, 0.3) is 60.6 Å². The first-order valence-electron chi connectivity index (χ1n) is 11.0. The van der Waals surface area contributed by atoms with E-state index < -0.39 is 0 Å². The number of halogens is 1. The van der Waals surface area contributed by atoms with E-state index in [0.29, 0.717) is 0 Å². The Kier molecular flexibility index (Phi) is 3.93. The second-order valence-corrected chi connectivity index (χ2v) is 8.81. The van der Waals surface area contributed by atoms with E-state index in [1.54, 1.807) is 0 Å². The van der Waals surface area contributed by atoms with Crippen molar-refractivity contribution in [2.75, 3.05) is 0 Å². The lowest BCUT2D eigenvalue weighted by Crippen LogP contribution is -1.93. The van der Waals surface area contributed by atoms with Crippen LogP contribution >= 0.6 is 11.6 Å². The summed E-state index contributed by atoms with van der Waals surface area (Å²) < 4.78 is 8.52. The number of fused-ring (bicyclic) bond motifs is 6. The molecule has 0 saturated carbocycles. The molecule has 7 aromatic rings. The van der Waals surface area contributed by atoms with Gasteiger partial charge in [-0.3, -0.25) is 0 Å². The van der Waals surface area contributed by atoms with E-state index in [2.05, 4.69) is 83.4 Å². The molecule has 0 aliphatic carbocycles. The fraction of sp³-hybridized carbons (Fsp3) is 0. The summed E-state index contributed by atoms with van der Waals surface area (Å²) in [6.45, 7) is 0. The number of nitrogens with zero attached hydrogens (tertiary/aromatic N) is 1.